The van der Waals surface area contributed by atoms with Crippen molar-refractivity contribution in [2.75, 3.05) is 0 Å². The van der Waals surface area contributed by atoms with Crippen LogP contribution in [-0.4, -0.2) is 14.8 Å². The van der Waals surface area contributed by atoms with Crippen LogP contribution in [0, 0.1) is 5.82 Å². The predicted octanol–water partition coefficient (Wildman–Crippen LogP) is 2.07. The smallest absolute Gasteiger partial charge is 0.138 e. The van der Waals surface area contributed by atoms with Crippen molar-refractivity contribution in [3.05, 3.63) is 47.8 Å². The van der Waals surface area contributed by atoms with E-state index in [-0.39, 0.29) is 11.9 Å². The molecule has 0 bridgehead atoms. The largest absolute Gasteiger partial charge is 0.324 e. The number of hydrogen-bond acceptors (Lipinski definition) is 3. The van der Waals surface area contributed by atoms with Gasteiger partial charge in [-0.1, -0.05) is 19.1 Å². The van der Waals surface area contributed by atoms with Gasteiger partial charge in [0, 0.05) is 19.0 Å². The van der Waals surface area contributed by atoms with Crippen molar-refractivity contribution in [3.63, 3.8) is 0 Å². The average Bonchev–Trinajstić information content (AvgIpc) is 2.77. The minimum atomic E-state index is -0.266. The Bertz CT molecular complexity index is 509. The van der Waals surface area contributed by atoms with Crippen LogP contribution >= 0.6 is 0 Å². The number of benzene rings is 1. The first-order valence-electron chi connectivity index (χ1n) is 6.08. The molecule has 0 amide bonds. The van der Waals surface area contributed by atoms with Crippen LogP contribution in [-0.2, 0) is 13.0 Å². The van der Waals surface area contributed by atoms with E-state index in [1.54, 1.807) is 6.07 Å². The molecule has 1 atom stereocenters. The third kappa shape index (κ3) is 2.92. The van der Waals surface area contributed by atoms with Crippen LogP contribution in [0.2, 0.25) is 0 Å². The summed E-state index contributed by atoms with van der Waals surface area (Å²) in [6.07, 6.45) is 3.08. The topological polar surface area (TPSA) is 56.7 Å². The summed E-state index contributed by atoms with van der Waals surface area (Å²) in [5.74, 6) is 0.576. The van der Waals surface area contributed by atoms with Crippen molar-refractivity contribution in [1.82, 2.24) is 14.8 Å². The van der Waals surface area contributed by atoms with E-state index in [9.17, 15) is 4.39 Å². The van der Waals surface area contributed by atoms with Crippen LogP contribution in [0.15, 0.2) is 30.6 Å². The van der Waals surface area contributed by atoms with Crippen molar-refractivity contribution >= 4 is 0 Å². The standard InChI is InChI=1S/C13H17FN4/c1-2-6-18-13(16-9-17-18)8-12(15)10-4-3-5-11(14)7-10/h3-5,7,9,12H,2,6,8,15H2,1H3. The highest BCUT2D eigenvalue weighted by Crippen LogP contribution is 2.15. The molecule has 0 fully saturated rings. The second-order valence-electron chi connectivity index (χ2n) is 4.27. The molecular formula is C13H17FN4. The minimum Gasteiger partial charge on any atom is -0.324 e. The maximum atomic E-state index is 13.1. The highest BCUT2D eigenvalue weighted by molar-refractivity contribution is 5.20. The second kappa shape index (κ2) is 5.73. The third-order valence-electron chi connectivity index (χ3n) is 2.81. The number of nitrogens with two attached hydrogens (primary N) is 1. The fourth-order valence-electron chi connectivity index (χ4n) is 1.90. The Kier molecular flexibility index (Phi) is 4.04. The molecule has 18 heavy (non-hydrogen) atoms. The summed E-state index contributed by atoms with van der Waals surface area (Å²) in [5, 5.41) is 4.15. The van der Waals surface area contributed by atoms with E-state index < -0.39 is 0 Å². The number of aromatic nitrogens is 3. The molecule has 96 valence electrons. The molecular weight excluding hydrogens is 231 g/mol. The molecule has 0 aliphatic carbocycles. The number of rotatable bonds is 5. The quantitative estimate of drug-likeness (QED) is 0.881. The summed E-state index contributed by atoms with van der Waals surface area (Å²) in [6, 6.07) is 6.11. The Hall–Kier alpha value is -1.75. The Morgan fingerprint density at radius 3 is 3.00 bits per heavy atom. The van der Waals surface area contributed by atoms with Gasteiger partial charge < -0.3 is 5.73 Å². The van der Waals surface area contributed by atoms with Crippen LogP contribution in [0.1, 0.15) is 30.8 Å². The zero-order valence-electron chi connectivity index (χ0n) is 10.4. The fraction of sp³-hybridized carbons (Fsp3) is 0.385. The van der Waals surface area contributed by atoms with E-state index >= 15 is 0 Å². The molecule has 0 spiro atoms. The summed E-state index contributed by atoms with van der Waals surface area (Å²) in [6.45, 7) is 2.91. The van der Waals surface area contributed by atoms with E-state index in [0.717, 1.165) is 24.4 Å². The summed E-state index contributed by atoms with van der Waals surface area (Å²) >= 11 is 0. The molecule has 0 aliphatic rings. The van der Waals surface area contributed by atoms with E-state index in [4.69, 9.17) is 5.73 Å². The van der Waals surface area contributed by atoms with Crippen molar-refractivity contribution in [2.45, 2.75) is 32.4 Å². The first-order valence-corrected chi connectivity index (χ1v) is 6.08. The van der Waals surface area contributed by atoms with Gasteiger partial charge >= 0.3 is 0 Å². The molecule has 5 heteroatoms. The average molecular weight is 248 g/mol. The molecule has 1 aromatic carbocycles. The van der Waals surface area contributed by atoms with Gasteiger partial charge in [0.1, 0.15) is 18.0 Å². The zero-order valence-corrected chi connectivity index (χ0v) is 10.4. The Balaban J connectivity index is 2.11. The van der Waals surface area contributed by atoms with Gasteiger partial charge in [-0.15, -0.1) is 0 Å². The summed E-state index contributed by atoms with van der Waals surface area (Å²) < 4.78 is 15.0. The Morgan fingerprint density at radius 1 is 1.44 bits per heavy atom. The molecule has 0 saturated heterocycles. The van der Waals surface area contributed by atoms with E-state index in [0.29, 0.717) is 6.42 Å². The zero-order chi connectivity index (χ0) is 13.0. The number of halogens is 1. The normalized spacial score (nSPS) is 12.6. The van der Waals surface area contributed by atoms with Gasteiger partial charge in [-0.2, -0.15) is 5.10 Å². The number of nitrogens with zero attached hydrogens (tertiary/aromatic N) is 3. The summed E-state index contributed by atoms with van der Waals surface area (Å²) in [4.78, 5) is 4.20. The summed E-state index contributed by atoms with van der Waals surface area (Å²) in [7, 11) is 0. The van der Waals surface area contributed by atoms with Crippen LogP contribution in [0.3, 0.4) is 0 Å². The highest BCUT2D eigenvalue weighted by atomic mass is 19.1. The molecule has 0 aliphatic heterocycles. The number of aryl methyl sites for hydroxylation is 1. The van der Waals surface area contributed by atoms with Gasteiger partial charge in [-0.25, -0.2) is 9.37 Å². The SMILES string of the molecule is CCCn1ncnc1CC(N)c1cccc(F)c1. The van der Waals surface area contributed by atoms with E-state index in [1.807, 2.05) is 10.7 Å². The van der Waals surface area contributed by atoms with Crippen molar-refractivity contribution in [2.24, 2.45) is 5.73 Å². The van der Waals surface area contributed by atoms with Crippen LogP contribution in [0.5, 0.6) is 0 Å². The molecule has 1 aromatic heterocycles. The van der Waals surface area contributed by atoms with Crippen molar-refractivity contribution in [1.29, 1.82) is 0 Å². The lowest BCUT2D eigenvalue weighted by molar-refractivity contribution is 0.546. The highest BCUT2D eigenvalue weighted by Gasteiger charge is 2.12. The molecule has 2 N–H and O–H groups in total. The molecule has 2 rings (SSSR count). The first kappa shape index (κ1) is 12.7. The van der Waals surface area contributed by atoms with Gasteiger partial charge in [-0.3, -0.25) is 4.68 Å². The van der Waals surface area contributed by atoms with Gasteiger partial charge in [0.15, 0.2) is 0 Å². The Morgan fingerprint density at radius 2 is 2.28 bits per heavy atom. The lowest BCUT2D eigenvalue weighted by atomic mass is 10.0. The van der Waals surface area contributed by atoms with Crippen molar-refractivity contribution in [3.8, 4) is 0 Å². The minimum absolute atomic E-state index is 0.263. The molecule has 4 nitrogen and oxygen atoms in total. The lowest BCUT2D eigenvalue weighted by Crippen LogP contribution is -2.17. The summed E-state index contributed by atoms with van der Waals surface area (Å²) in [5.41, 5.74) is 6.85. The molecule has 1 unspecified atom stereocenters. The van der Waals surface area contributed by atoms with Gasteiger partial charge in [0.25, 0.3) is 0 Å². The van der Waals surface area contributed by atoms with Crippen LogP contribution < -0.4 is 5.73 Å². The first-order chi connectivity index (χ1) is 8.70. The molecule has 1 heterocycles. The van der Waals surface area contributed by atoms with Crippen LogP contribution in [0.4, 0.5) is 4.39 Å². The van der Waals surface area contributed by atoms with Crippen LogP contribution in [0.25, 0.3) is 0 Å². The number of hydrogen-bond donors (Lipinski definition) is 1. The fourth-order valence-corrected chi connectivity index (χ4v) is 1.90. The Labute approximate surface area is 106 Å². The maximum absolute atomic E-state index is 13.1. The van der Waals surface area contributed by atoms with Gasteiger partial charge in [0.05, 0.1) is 0 Å². The third-order valence-corrected chi connectivity index (χ3v) is 2.81. The second-order valence-corrected chi connectivity index (χ2v) is 4.27. The van der Waals surface area contributed by atoms with E-state index in [1.165, 1.54) is 18.5 Å². The molecule has 2 aromatic rings. The monoisotopic (exact) mass is 248 g/mol. The van der Waals surface area contributed by atoms with E-state index in [2.05, 4.69) is 17.0 Å². The molecule has 0 saturated carbocycles. The molecule has 0 radical (unpaired) electrons. The lowest BCUT2D eigenvalue weighted by Gasteiger charge is -2.12. The maximum Gasteiger partial charge on any atom is 0.138 e. The predicted molar refractivity (Wildman–Crippen MR) is 67.3 cm³/mol. The van der Waals surface area contributed by atoms with Crippen molar-refractivity contribution < 1.29 is 4.39 Å². The van der Waals surface area contributed by atoms with Gasteiger partial charge in [0.2, 0.25) is 0 Å². The van der Waals surface area contributed by atoms with Gasteiger partial charge in [-0.05, 0) is 24.1 Å².